The van der Waals surface area contributed by atoms with Gasteiger partial charge in [-0.15, -0.1) is 0 Å². The Kier molecular flexibility index (Phi) is 2.84. The molecule has 0 radical (unpaired) electrons. The van der Waals surface area contributed by atoms with Crippen molar-refractivity contribution in [2.45, 2.75) is 19.3 Å². The molecule has 0 bridgehead atoms. The zero-order valence-corrected chi connectivity index (χ0v) is 10.3. The van der Waals surface area contributed by atoms with Crippen LogP contribution in [-0.4, -0.2) is 17.0 Å². The summed E-state index contributed by atoms with van der Waals surface area (Å²) in [5.74, 6) is 2.05. The smallest absolute Gasteiger partial charge is 0.239 e. The number of hydrogen-bond acceptors (Lipinski definition) is 4. The highest BCUT2D eigenvalue weighted by Gasteiger charge is 2.11. The third kappa shape index (κ3) is 2.14. The Bertz CT molecular complexity index is 569. The number of hydrogen-bond donors (Lipinski definition) is 1. The van der Waals surface area contributed by atoms with Gasteiger partial charge in [0.2, 0.25) is 5.88 Å². The maximum absolute atomic E-state index is 5.73. The minimum Gasteiger partial charge on any atom is -0.437 e. The van der Waals surface area contributed by atoms with Crippen LogP contribution in [0.1, 0.15) is 17.5 Å². The highest BCUT2D eigenvalue weighted by atomic mass is 16.5. The van der Waals surface area contributed by atoms with Crippen LogP contribution in [0.3, 0.4) is 0 Å². The maximum Gasteiger partial charge on any atom is 0.239 e. The molecule has 0 fully saturated rings. The summed E-state index contributed by atoms with van der Waals surface area (Å²) in [6.07, 6.45) is 6.86. The van der Waals surface area contributed by atoms with Crippen LogP contribution in [0.2, 0.25) is 0 Å². The summed E-state index contributed by atoms with van der Waals surface area (Å²) in [4.78, 5) is 8.36. The van der Waals surface area contributed by atoms with E-state index in [9.17, 15) is 0 Å². The molecule has 0 saturated heterocycles. The van der Waals surface area contributed by atoms with Crippen LogP contribution >= 0.6 is 0 Å². The first-order valence-electron chi connectivity index (χ1n) is 6.14. The van der Waals surface area contributed by atoms with Crippen molar-refractivity contribution < 1.29 is 4.74 Å². The SMILES string of the molecule is CNc1cncc(Oc2ccc3c(c2)CCC3)n1. The van der Waals surface area contributed by atoms with Crippen molar-refractivity contribution in [3.05, 3.63) is 41.7 Å². The summed E-state index contributed by atoms with van der Waals surface area (Å²) in [5.41, 5.74) is 2.84. The van der Waals surface area contributed by atoms with E-state index in [1.165, 1.54) is 24.0 Å². The third-order valence-corrected chi connectivity index (χ3v) is 3.16. The van der Waals surface area contributed by atoms with E-state index < -0.39 is 0 Å². The number of benzene rings is 1. The second-order valence-corrected chi connectivity index (χ2v) is 4.38. The molecule has 0 atom stereocenters. The molecule has 1 N–H and O–H groups in total. The fraction of sp³-hybridized carbons (Fsp3) is 0.286. The van der Waals surface area contributed by atoms with Crippen molar-refractivity contribution >= 4 is 5.82 Å². The lowest BCUT2D eigenvalue weighted by Gasteiger charge is -2.07. The fourth-order valence-corrected chi connectivity index (χ4v) is 2.25. The molecule has 92 valence electrons. The van der Waals surface area contributed by atoms with E-state index >= 15 is 0 Å². The van der Waals surface area contributed by atoms with Gasteiger partial charge in [0.05, 0.1) is 12.4 Å². The Morgan fingerprint density at radius 2 is 2.06 bits per heavy atom. The normalized spacial score (nSPS) is 13.2. The summed E-state index contributed by atoms with van der Waals surface area (Å²) in [6, 6.07) is 6.25. The van der Waals surface area contributed by atoms with Gasteiger partial charge in [-0.1, -0.05) is 6.07 Å². The lowest BCUT2D eigenvalue weighted by molar-refractivity contribution is 0.460. The molecule has 0 amide bonds. The van der Waals surface area contributed by atoms with Gasteiger partial charge in [-0.25, -0.2) is 0 Å². The molecular weight excluding hydrogens is 226 g/mol. The van der Waals surface area contributed by atoms with Crippen LogP contribution in [0, 0.1) is 0 Å². The molecule has 4 heteroatoms. The standard InChI is InChI=1S/C14H15N3O/c1-15-13-8-16-9-14(17-13)18-12-6-5-10-3-2-4-11(10)7-12/h5-9H,2-4H2,1H3,(H,15,17). The minimum absolute atomic E-state index is 0.514. The monoisotopic (exact) mass is 241 g/mol. The predicted octanol–water partition coefficient (Wildman–Crippen LogP) is 2.80. The molecular formula is C14H15N3O. The van der Waals surface area contributed by atoms with Gasteiger partial charge in [0.15, 0.2) is 0 Å². The van der Waals surface area contributed by atoms with E-state index in [1.807, 2.05) is 13.1 Å². The summed E-state index contributed by atoms with van der Waals surface area (Å²) in [7, 11) is 1.81. The zero-order valence-electron chi connectivity index (χ0n) is 10.3. The fourth-order valence-electron chi connectivity index (χ4n) is 2.25. The van der Waals surface area contributed by atoms with Crippen LogP contribution in [0.15, 0.2) is 30.6 Å². The first-order valence-corrected chi connectivity index (χ1v) is 6.14. The number of aromatic nitrogens is 2. The Labute approximate surface area is 106 Å². The van der Waals surface area contributed by atoms with Crippen molar-refractivity contribution in [2.24, 2.45) is 0 Å². The first kappa shape index (κ1) is 11.0. The third-order valence-electron chi connectivity index (χ3n) is 3.16. The molecule has 1 aromatic heterocycles. The summed E-state index contributed by atoms with van der Waals surface area (Å²) in [5, 5.41) is 2.94. The molecule has 4 nitrogen and oxygen atoms in total. The van der Waals surface area contributed by atoms with Crippen LogP contribution in [0.25, 0.3) is 0 Å². The predicted molar refractivity (Wildman–Crippen MR) is 70.1 cm³/mol. The number of nitrogens with zero attached hydrogens (tertiary/aromatic N) is 2. The molecule has 1 heterocycles. The Morgan fingerprint density at radius 3 is 2.94 bits per heavy atom. The van der Waals surface area contributed by atoms with Crippen molar-refractivity contribution in [3.63, 3.8) is 0 Å². The van der Waals surface area contributed by atoms with E-state index in [2.05, 4.69) is 27.4 Å². The topological polar surface area (TPSA) is 47.0 Å². The van der Waals surface area contributed by atoms with Gasteiger partial charge in [0.1, 0.15) is 11.6 Å². The van der Waals surface area contributed by atoms with E-state index in [1.54, 1.807) is 12.4 Å². The molecule has 0 spiro atoms. The van der Waals surface area contributed by atoms with Crippen LogP contribution < -0.4 is 10.1 Å². The van der Waals surface area contributed by atoms with Gasteiger partial charge in [-0.05, 0) is 42.5 Å². The average molecular weight is 241 g/mol. The van der Waals surface area contributed by atoms with Crippen molar-refractivity contribution in [1.29, 1.82) is 0 Å². The molecule has 0 unspecified atom stereocenters. The Balaban J connectivity index is 1.83. The van der Waals surface area contributed by atoms with Gasteiger partial charge in [0.25, 0.3) is 0 Å². The van der Waals surface area contributed by atoms with E-state index in [4.69, 9.17) is 4.74 Å². The Morgan fingerprint density at radius 1 is 1.17 bits per heavy atom. The van der Waals surface area contributed by atoms with Crippen LogP contribution in [0.5, 0.6) is 11.6 Å². The second kappa shape index (κ2) is 4.64. The molecule has 1 aliphatic carbocycles. The zero-order chi connectivity index (χ0) is 12.4. The molecule has 1 aliphatic rings. The van der Waals surface area contributed by atoms with Crippen molar-refractivity contribution in [2.75, 3.05) is 12.4 Å². The van der Waals surface area contributed by atoms with Crippen molar-refractivity contribution in [1.82, 2.24) is 9.97 Å². The average Bonchev–Trinajstić information content (AvgIpc) is 2.86. The van der Waals surface area contributed by atoms with E-state index in [0.717, 1.165) is 12.2 Å². The lowest BCUT2D eigenvalue weighted by atomic mass is 10.1. The van der Waals surface area contributed by atoms with Crippen LogP contribution in [0.4, 0.5) is 5.82 Å². The Hall–Kier alpha value is -2.10. The molecule has 0 aliphatic heterocycles. The number of nitrogens with one attached hydrogen (secondary N) is 1. The summed E-state index contributed by atoms with van der Waals surface area (Å²) >= 11 is 0. The second-order valence-electron chi connectivity index (χ2n) is 4.38. The number of fused-ring (bicyclic) bond motifs is 1. The highest BCUT2D eigenvalue weighted by molar-refractivity contribution is 5.40. The molecule has 2 aromatic rings. The molecule has 1 aromatic carbocycles. The van der Waals surface area contributed by atoms with Gasteiger partial charge in [0, 0.05) is 7.05 Å². The molecule has 0 saturated carbocycles. The van der Waals surface area contributed by atoms with Gasteiger partial charge < -0.3 is 10.1 Å². The van der Waals surface area contributed by atoms with Crippen molar-refractivity contribution in [3.8, 4) is 11.6 Å². The summed E-state index contributed by atoms with van der Waals surface area (Å²) < 4.78 is 5.73. The van der Waals surface area contributed by atoms with Gasteiger partial charge >= 0.3 is 0 Å². The van der Waals surface area contributed by atoms with E-state index in [0.29, 0.717) is 11.7 Å². The van der Waals surface area contributed by atoms with E-state index in [-0.39, 0.29) is 0 Å². The first-order chi connectivity index (χ1) is 8.85. The largest absolute Gasteiger partial charge is 0.437 e. The number of anilines is 1. The number of rotatable bonds is 3. The van der Waals surface area contributed by atoms with Crippen LogP contribution in [-0.2, 0) is 12.8 Å². The quantitative estimate of drug-likeness (QED) is 0.897. The van der Waals surface area contributed by atoms with Gasteiger partial charge in [-0.3, -0.25) is 4.98 Å². The molecule has 18 heavy (non-hydrogen) atoms. The maximum atomic E-state index is 5.73. The molecule has 3 rings (SSSR count). The highest BCUT2D eigenvalue weighted by Crippen LogP contribution is 2.28. The number of ether oxygens (including phenoxy) is 1. The van der Waals surface area contributed by atoms with Gasteiger partial charge in [-0.2, -0.15) is 4.98 Å². The lowest BCUT2D eigenvalue weighted by Crippen LogP contribution is -1.96. The summed E-state index contributed by atoms with van der Waals surface area (Å²) in [6.45, 7) is 0. The number of aryl methyl sites for hydroxylation is 2. The minimum atomic E-state index is 0.514.